The van der Waals surface area contributed by atoms with Crippen LogP contribution in [-0.4, -0.2) is 0 Å². The Morgan fingerprint density at radius 1 is 1.28 bits per heavy atom. The van der Waals surface area contributed by atoms with Crippen LogP contribution in [0, 0.1) is 11.8 Å². The fourth-order valence-corrected chi connectivity index (χ4v) is 3.05. The van der Waals surface area contributed by atoms with E-state index >= 15 is 0 Å². The van der Waals surface area contributed by atoms with Crippen molar-refractivity contribution in [3.8, 4) is 0 Å². The summed E-state index contributed by atoms with van der Waals surface area (Å²) in [5.74, 6) is 1.56. The normalized spacial score (nSPS) is 28.6. The van der Waals surface area contributed by atoms with Gasteiger partial charge in [-0.3, -0.25) is 0 Å². The van der Waals surface area contributed by atoms with Crippen molar-refractivity contribution >= 4 is 0 Å². The predicted molar refractivity (Wildman–Crippen MR) is 78.5 cm³/mol. The van der Waals surface area contributed by atoms with Gasteiger partial charge in [-0.05, 0) is 55.1 Å². The van der Waals surface area contributed by atoms with Gasteiger partial charge >= 0.3 is 0 Å². The first-order valence-corrected chi connectivity index (χ1v) is 7.38. The molecular formula is C17H27N. The molecule has 2 rings (SSSR count). The summed E-state index contributed by atoms with van der Waals surface area (Å²) < 4.78 is 0. The van der Waals surface area contributed by atoms with Crippen LogP contribution < -0.4 is 5.73 Å². The van der Waals surface area contributed by atoms with Crippen LogP contribution in [0.1, 0.15) is 57.6 Å². The summed E-state index contributed by atoms with van der Waals surface area (Å²) >= 11 is 0. The first-order chi connectivity index (χ1) is 8.49. The lowest BCUT2D eigenvalue weighted by molar-refractivity contribution is 0.248. The van der Waals surface area contributed by atoms with Crippen LogP contribution in [-0.2, 0) is 12.0 Å². The number of hydrogen-bond acceptors (Lipinski definition) is 1. The number of benzene rings is 1. The molecule has 1 aromatic rings. The van der Waals surface area contributed by atoms with Gasteiger partial charge in [0.15, 0.2) is 0 Å². The van der Waals surface area contributed by atoms with Crippen molar-refractivity contribution in [1.29, 1.82) is 0 Å². The summed E-state index contributed by atoms with van der Waals surface area (Å²) in [6.45, 7) is 6.88. The highest BCUT2D eigenvalue weighted by atomic mass is 14.7. The van der Waals surface area contributed by atoms with Crippen LogP contribution in [0.2, 0.25) is 0 Å². The van der Waals surface area contributed by atoms with E-state index in [0.29, 0.717) is 5.92 Å². The van der Waals surface area contributed by atoms with Crippen molar-refractivity contribution in [2.75, 3.05) is 0 Å². The summed E-state index contributed by atoms with van der Waals surface area (Å²) in [7, 11) is 0. The van der Waals surface area contributed by atoms with Crippen LogP contribution in [0.25, 0.3) is 0 Å². The fourth-order valence-electron chi connectivity index (χ4n) is 3.05. The highest BCUT2D eigenvalue weighted by Gasteiger charge is 2.31. The van der Waals surface area contributed by atoms with Gasteiger partial charge in [-0.2, -0.15) is 0 Å². The van der Waals surface area contributed by atoms with Crippen LogP contribution in [0.3, 0.4) is 0 Å². The van der Waals surface area contributed by atoms with Gasteiger partial charge in [-0.15, -0.1) is 0 Å². The lowest BCUT2D eigenvalue weighted by atomic mass is 9.73. The molecule has 0 amide bonds. The molecule has 1 fully saturated rings. The minimum Gasteiger partial charge on any atom is -0.321 e. The van der Waals surface area contributed by atoms with E-state index in [0.717, 1.165) is 25.2 Å². The van der Waals surface area contributed by atoms with Crippen LogP contribution >= 0.6 is 0 Å². The predicted octanol–water partition coefficient (Wildman–Crippen LogP) is 4.25. The van der Waals surface area contributed by atoms with Crippen LogP contribution in [0.5, 0.6) is 0 Å². The fraction of sp³-hybridized carbons (Fsp3) is 0.647. The number of hydrogen-bond donors (Lipinski definition) is 1. The average Bonchev–Trinajstić information content (AvgIpc) is 2.33. The molecule has 0 aromatic heterocycles. The van der Waals surface area contributed by atoms with Crippen molar-refractivity contribution in [2.24, 2.45) is 17.6 Å². The van der Waals surface area contributed by atoms with E-state index < -0.39 is 0 Å². The first-order valence-electron chi connectivity index (χ1n) is 7.38. The molecule has 0 bridgehead atoms. The van der Waals surface area contributed by atoms with E-state index in [-0.39, 0.29) is 5.54 Å². The van der Waals surface area contributed by atoms with E-state index in [4.69, 9.17) is 5.73 Å². The summed E-state index contributed by atoms with van der Waals surface area (Å²) in [6, 6.07) is 8.98. The maximum atomic E-state index is 6.64. The third-order valence-electron chi connectivity index (χ3n) is 4.31. The third kappa shape index (κ3) is 3.14. The third-order valence-corrected chi connectivity index (χ3v) is 4.31. The molecule has 0 atom stereocenters. The Balaban J connectivity index is 2.17. The summed E-state index contributed by atoms with van der Waals surface area (Å²) in [5, 5.41) is 0. The second-order valence-electron chi connectivity index (χ2n) is 6.64. The van der Waals surface area contributed by atoms with Crippen LogP contribution in [0.15, 0.2) is 24.3 Å². The second-order valence-corrected chi connectivity index (χ2v) is 6.64. The number of nitrogens with two attached hydrogens (primary N) is 1. The second kappa shape index (κ2) is 5.44. The van der Waals surface area contributed by atoms with Gasteiger partial charge in [0, 0.05) is 5.54 Å². The zero-order valence-electron chi connectivity index (χ0n) is 12.1. The monoisotopic (exact) mass is 245 g/mol. The Hall–Kier alpha value is -0.820. The van der Waals surface area contributed by atoms with Gasteiger partial charge < -0.3 is 5.73 Å². The lowest BCUT2D eigenvalue weighted by Crippen LogP contribution is -2.40. The standard InChI is InChI=1S/C17H27N/c1-13(2)11-15-5-4-6-16(12-15)17(18)9-7-14(3)8-10-17/h4-6,12-14H,7-11,18H2,1-3H3. The summed E-state index contributed by atoms with van der Waals surface area (Å²) in [5.41, 5.74) is 9.36. The minimum absolute atomic E-state index is 0.0699. The molecule has 0 heterocycles. The molecule has 100 valence electrons. The summed E-state index contributed by atoms with van der Waals surface area (Å²) in [4.78, 5) is 0. The van der Waals surface area contributed by atoms with Crippen molar-refractivity contribution in [3.05, 3.63) is 35.4 Å². The Morgan fingerprint density at radius 3 is 2.56 bits per heavy atom. The van der Waals surface area contributed by atoms with Gasteiger partial charge in [0.05, 0.1) is 0 Å². The van der Waals surface area contributed by atoms with Gasteiger partial charge in [0.1, 0.15) is 0 Å². The Morgan fingerprint density at radius 2 is 1.94 bits per heavy atom. The van der Waals surface area contributed by atoms with E-state index in [1.165, 1.54) is 24.0 Å². The molecule has 18 heavy (non-hydrogen) atoms. The van der Waals surface area contributed by atoms with Gasteiger partial charge in [-0.25, -0.2) is 0 Å². The molecule has 2 N–H and O–H groups in total. The lowest BCUT2D eigenvalue weighted by Gasteiger charge is -2.37. The van der Waals surface area contributed by atoms with Crippen LogP contribution in [0.4, 0.5) is 0 Å². The Labute approximate surface area is 112 Å². The van der Waals surface area contributed by atoms with Gasteiger partial charge in [0.25, 0.3) is 0 Å². The first kappa shape index (κ1) is 13.6. The van der Waals surface area contributed by atoms with Crippen molar-refractivity contribution in [2.45, 2.75) is 58.4 Å². The zero-order chi connectivity index (χ0) is 13.2. The topological polar surface area (TPSA) is 26.0 Å². The Bertz CT molecular complexity index is 386. The molecular weight excluding hydrogens is 218 g/mol. The average molecular weight is 245 g/mol. The summed E-state index contributed by atoms with van der Waals surface area (Å²) in [6.07, 6.45) is 5.97. The quantitative estimate of drug-likeness (QED) is 0.846. The maximum absolute atomic E-state index is 6.64. The molecule has 0 saturated heterocycles. The Kier molecular flexibility index (Phi) is 4.11. The smallest absolute Gasteiger partial charge is 0.0409 e. The zero-order valence-corrected chi connectivity index (χ0v) is 12.1. The molecule has 1 aliphatic carbocycles. The van der Waals surface area contributed by atoms with Gasteiger partial charge in [-0.1, -0.05) is 45.0 Å². The van der Waals surface area contributed by atoms with Gasteiger partial charge in [0.2, 0.25) is 0 Å². The molecule has 0 radical (unpaired) electrons. The minimum atomic E-state index is -0.0699. The van der Waals surface area contributed by atoms with E-state index in [1.54, 1.807) is 0 Å². The highest BCUT2D eigenvalue weighted by Crippen LogP contribution is 2.37. The van der Waals surface area contributed by atoms with E-state index in [9.17, 15) is 0 Å². The highest BCUT2D eigenvalue weighted by molar-refractivity contribution is 5.30. The molecule has 0 spiro atoms. The number of rotatable bonds is 3. The molecule has 1 heteroatoms. The molecule has 0 unspecified atom stereocenters. The molecule has 1 aliphatic rings. The van der Waals surface area contributed by atoms with Crippen molar-refractivity contribution in [3.63, 3.8) is 0 Å². The molecule has 1 aromatic carbocycles. The molecule has 0 aliphatic heterocycles. The molecule has 1 nitrogen and oxygen atoms in total. The van der Waals surface area contributed by atoms with Crippen molar-refractivity contribution < 1.29 is 0 Å². The van der Waals surface area contributed by atoms with Crippen molar-refractivity contribution in [1.82, 2.24) is 0 Å². The van der Waals surface area contributed by atoms with E-state index in [2.05, 4.69) is 45.0 Å². The maximum Gasteiger partial charge on any atom is 0.0409 e. The largest absolute Gasteiger partial charge is 0.321 e. The molecule has 1 saturated carbocycles. The SMILES string of the molecule is CC(C)Cc1cccc(C2(N)CCC(C)CC2)c1. The van der Waals surface area contributed by atoms with E-state index in [1.807, 2.05) is 0 Å².